The smallest absolute Gasteiger partial charge is 0.342 e. The first kappa shape index (κ1) is 24.3. The normalized spacial score (nSPS) is 11.6. The summed E-state index contributed by atoms with van der Waals surface area (Å²) in [6.07, 6.45) is 1.36. The van der Waals surface area contributed by atoms with Crippen LogP contribution in [0.4, 0.5) is 4.79 Å². The van der Waals surface area contributed by atoms with Gasteiger partial charge in [0.25, 0.3) is 0 Å². The molecule has 0 bridgehead atoms. The van der Waals surface area contributed by atoms with Crippen LogP contribution in [0.5, 0.6) is 5.75 Å². The second-order valence-electron chi connectivity index (χ2n) is 7.54. The van der Waals surface area contributed by atoms with Crippen molar-refractivity contribution >= 4 is 50.9 Å². The molecule has 0 heterocycles. The largest absolute Gasteiger partial charge is 0.487 e. The molecule has 1 N–H and O–H groups in total. The van der Waals surface area contributed by atoms with Crippen molar-refractivity contribution < 1.29 is 9.53 Å². The average Bonchev–Trinajstić information content (AvgIpc) is 2.67. The Morgan fingerprint density at radius 3 is 2.27 bits per heavy atom. The van der Waals surface area contributed by atoms with Crippen molar-refractivity contribution in [2.75, 3.05) is 6.61 Å². The Morgan fingerprint density at radius 2 is 1.73 bits per heavy atom. The molecule has 5 nitrogen and oxygen atoms in total. The molecule has 0 aliphatic carbocycles. The molecule has 0 aromatic heterocycles. The molecule has 160 valence electrons. The van der Waals surface area contributed by atoms with E-state index in [0.717, 1.165) is 15.6 Å². The molecule has 0 unspecified atom stereocenters. The van der Waals surface area contributed by atoms with E-state index in [-0.39, 0.29) is 11.1 Å². The Labute approximate surface area is 195 Å². The lowest BCUT2D eigenvalue weighted by atomic mass is 10.1. The molecule has 0 atom stereocenters. The van der Waals surface area contributed by atoms with Crippen molar-refractivity contribution in [3.8, 4) is 5.75 Å². The summed E-state index contributed by atoms with van der Waals surface area (Å²) in [6, 6.07) is 14.8. The van der Waals surface area contributed by atoms with Crippen LogP contribution in [-0.2, 0) is 0 Å². The second-order valence-corrected chi connectivity index (χ2v) is 9.47. The van der Waals surface area contributed by atoms with Crippen LogP contribution in [0.2, 0.25) is 0 Å². The Hall–Kier alpha value is -2.02. The fraction of sp³-hybridized carbons (Fsp3) is 0.273. The highest BCUT2D eigenvalue weighted by Crippen LogP contribution is 2.19. The van der Waals surface area contributed by atoms with Crippen LogP contribution in [0.3, 0.4) is 0 Å². The summed E-state index contributed by atoms with van der Waals surface area (Å²) in [4.78, 5) is 14.1. The zero-order chi connectivity index (χ0) is 22.3. The van der Waals surface area contributed by atoms with Crippen LogP contribution in [-0.4, -0.2) is 28.8 Å². The Morgan fingerprint density at radius 1 is 1.13 bits per heavy atom. The van der Waals surface area contributed by atoms with Crippen LogP contribution >= 0.6 is 39.1 Å². The monoisotopic (exact) mass is 511 g/mol. The van der Waals surface area contributed by atoms with Crippen LogP contribution < -0.4 is 10.2 Å². The van der Waals surface area contributed by atoms with Gasteiger partial charge in [-0.3, -0.25) is 4.90 Å². The second kappa shape index (κ2) is 10.8. The SMILES string of the molecule is Cc1ccc(OC/C(=N/NC(=O)N(C=C(Cl)Cl)C(C)(C)C)c2ccc(Br)cc2)cc1. The first-order chi connectivity index (χ1) is 14.1. The fourth-order valence-electron chi connectivity index (χ4n) is 2.43. The van der Waals surface area contributed by atoms with Gasteiger partial charge in [-0.05, 0) is 52.0 Å². The van der Waals surface area contributed by atoms with Gasteiger partial charge in [-0.15, -0.1) is 0 Å². The van der Waals surface area contributed by atoms with E-state index in [1.54, 1.807) is 0 Å². The number of amides is 2. The molecule has 0 aliphatic rings. The third kappa shape index (κ3) is 7.67. The maximum atomic E-state index is 12.7. The maximum Gasteiger partial charge on any atom is 0.342 e. The highest BCUT2D eigenvalue weighted by atomic mass is 79.9. The average molecular weight is 513 g/mol. The summed E-state index contributed by atoms with van der Waals surface area (Å²) < 4.78 is 6.78. The number of hydrogen-bond acceptors (Lipinski definition) is 3. The number of carbonyl (C=O) groups excluding carboxylic acids is 1. The number of ether oxygens (including phenoxy) is 1. The summed E-state index contributed by atoms with van der Waals surface area (Å²) >= 11 is 15.0. The van der Waals surface area contributed by atoms with Gasteiger partial charge in [0.15, 0.2) is 0 Å². The minimum atomic E-state index is -0.551. The summed E-state index contributed by atoms with van der Waals surface area (Å²) in [5.41, 5.74) is 4.55. The number of rotatable bonds is 6. The van der Waals surface area contributed by atoms with Gasteiger partial charge in [0.1, 0.15) is 22.6 Å². The van der Waals surface area contributed by atoms with Crippen molar-refractivity contribution in [1.29, 1.82) is 0 Å². The number of hydrazone groups is 1. The molecule has 0 radical (unpaired) electrons. The zero-order valence-electron chi connectivity index (χ0n) is 17.2. The first-order valence-corrected chi connectivity index (χ1v) is 10.8. The van der Waals surface area contributed by atoms with Crippen molar-refractivity contribution in [3.63, 3.8) is 0 Å². The lowest BCUT2D eigenvalue weighted by Crippen LogP contribution is -2.46. The van der Waals surface area contributed by atoms with Gasteiger partial charge in [0, 0.05) is 21.8 Å². The molecule has 2 rings (SSSR count). The van der Waals surface area contributed by atoms with Gasteiger partial charge < -0.3 is 4.74 Å². The lowest BCUT2D eigenvalue weighted by molar-refractivity contribution is 0.179. The van der Waals surface area contributed by atoms with Gasteiger partial charge in [-0.2, -0.15) is 5.10 Å². The van der Waals surface area contributed by atoms with Crippen LogP contribution in [0, 0.1) is 6.92 Å². The number of hydrogen-bond donors (Lipinski definition) is 1. The lowest BCUT2D eigenvalue weighted by Gasteiger charge is -2.32. The summed E-state index contributed by atoms with van der Waals surface area (Å²) in [5, 5.41) is 4.32. The number of urea groups is 1. The predicted molar refractivity (Wildman–Crippen MR) is 127 cm³/mol. The topological polar surface area (TPSA) is 53.9 Å². The molecule has 2 aromatic carbocycles. The van der Waals surface area contributed by atoms with Crippen LogP contribution in [0.1, 0.15) is 31.9 Å². The Kier molecular flexibility index (Phi) is 8.77. The van der Waals surface area contributed by atoms with Crippen molar-refractivity contribution in [2.24, 2.45) is 5.10 Å². The molecule has 0 aliphatic heterocycles. The number of carbonyl (C=O) groups is 1. The summed E-state index contributed by atoms with van der Waals surface area (Å²) in [6.45, 7) is 7.77. The molecule has 0 spiro atoms. The summed E-state index contributed by atoms with van der Waals surface area (Å²) in [7, 11) is 0. The first-order valence-electron chi connectivity index (χ1n) is 9.20. The number of nitrogens with zero attached hydrogens (tertiary/aromatic N) is 2. The molecule has 0 saturated heterocycles. The highest BCUT2D eigenvalue weighted by Gasteiger charge is 2.25. The fourth-order valence-corrected chi connectivity index (χ4v) is 2.89. The number of benzene rings is 2. The van der Waals surface area contributed by atoms with Crippen molar-refractivity contribution in [2.45, 2.75) is 33.2 Å². The molecule has 2 amide bonds. The maximum absolute atomic E-state index is 12.7. The number of halogens is 3. The molecular weight excluding hydrogens is 489 g/mol. The number of aryl methyl sites for hydroxylation is 1. The highest BCUT2D eigenvalue weighted by molar-refractivity contribution is 9.10. The Bertz CT molecular complexity index is 917. The van der Waals surface area contributed by atoms with E-state index in [2.05, 4.69) is 26.5 Å². The molecular formula is C22H24BrCl2N3O2. The number of nitrogens with one attached hydrogen (secondary N) is 1. The van der Waals surface area contributed by atoms with E-state index < -0.39 is 11.6 Å². The van der Waals surface area contributed by atoms with Crippen LogP contribution in [0.15, 0.2) is 68.8 Å². The standard InChI is InChI=1S/C22H24BrCl2N3O2/c1-15-5-11-18(12-6-15)30-14-19(16-7-9-17(23)10-8-16)26-27-21(29)28(13-20(24)25)22(2,3)4/h5-13H,14H2,1-4H3,(H,27,29)/b26-19-. The van der Waals surface area contributed by atoms with Gasteiger partial charge >= 0.3 is 6.03 Å². The molecule has 8 heteroatoms. The molecule has 0 fully saturated rings. The minimum absolute atomic E-state index is 0.0279. The third-order valence-corrected chi connectivity index (χ3v) is 4.75. The molecule has 0 saturated carbocycles. The predicted octanol–water partition coefficient (Wildman–Crippen LogP) is 6.63. The van der Waals surface area contributed by atoms with Gasteiger partial charge in [-0.1, -0.05) is 69.0 Å². The van der Waals surface area contributed by atoms with E-state index >= 15 is 0 Å². The van der Waals surface area contributed by atoms with E-state index in [0.29, 0.717) is 11.5 Å². The van der Waals surface area contributed by atoms with Crippen molar-refractivity contribution in [1.82, 2.24) is 10.3 Å². The van der Waals surface area contributed by atoms with Gasteiger partial charge in [0.05, 0.1) is 0 Å². The summed E-state index contributed by atoms with van der Waals surface area (Å²) in [5.74, 6) is 0.713. The van der Waals surface area contributed by atoms with E-state index in [1.165, 1.54) is 11.1 Å². The molecule has 30 heavy (non-hydrogen) atoms. The quantitative estimate of drug-likeness (QED) is 0.349. The van der Waals surface area contributed by atoms with E-state index in [4.69, 9.17) is 27.9 Å². The van der Waals surface area contributed by atoms with Gasteiger partial charge in [-0.25, -0.2) is 10.2 Å². The Balaban J connectivity index is 2.25. The van der Waals surface area contributed by atoms with Crippen molar-refractivity contribution in [3.05, 3.63) is 74.8 Å². The van der Waals surface area contributed by atoms with Crippen LogP contribution in [0.25, 0.3) is 0 Å². The third-order valence-electron chi connectivity index (χ3n) is 4.03. The van der Waals surface area contributed by atoms with E-state index in [9.17, 15) is 4.79 Å². The van der Waals surface area contributed by atoms with Gasteiger partial charge in [0.2, 0.25) is 0 Å². The molecule has 2 aromatic rings. The zero-order valence-corrected chi connectivity index (χ0v) is 20.3. The minimum Gasteiger partial charge on any atom is -0.487 e. The van der Waals surface area contributed by atoms with E-state index in [1.807, 2.05) is 76.2 Å².